The summed E-state index contributed by atoms with van der Waals surface area (Å²) in [5, 5.41) is 15.9. The van der Waals surface area contributed by atoms with E-state index in [-0.39, 0.29) is 11.9 Å². The van der Waals surface area contributed by atoms with E-state index in [0.717, 1.165) is 35.9 Å². The van der Waals surface area contributed by atoms with Crippen LogP contribution in [0, 0.1) is 13.8 Å². The second kappa shape index (κ2) is 6.72. The number of fused-ring (bicyclic) bond motifs is 1. The van der Waals surface area contributed by atoms with Gasteiger partial charge >= 0.3 is 0 Å². The molecular weight excluding hydrogens is 308 g/mol. The molecule has 24 heavy (non-hydrogen) atoms. The number of nitrogens with one attached hydrogen (secondary N) is 1. The van der Waals surface area contributed by atoms with Crippen molar-refractivity contribution in [1.29, 1.82) is 0 Å². The van der Waals surface area contributed by atoms with Crippen molar-refractivity contribution in [3.05, 3.63) is 28.6 Å². The van der Waals surface area contributed by atoms with Crippen LogP contribution in [-0.2, 0) is 28.9 Å². The van der Waals surface area contributed by atoms with E-state index in [1.165, 1.54) is 5.56 Å². The molecule has 2 aromatic heterocycles. The van der Waals surface area contributed by atoms with E-state index in [0.29, 0.717) is 19.7 Å². The highest BCUT2D eigenvalue weighted by Gasteiger charge is 2.32. The van der Waals surface area contributed by atoms with Gasteiger partial charge in [-0.1, -0.05) is 0 Å². The van der Waals surface area contributed by atoms with Gasteiger partial charge in [-0.25, -0.2) is 0 Å². The molecule has 0 radical (unpaired) electrons. The van der Waals surface area contributed by atoms with Gasteiger partial charge < -0.3 is 14.2 Å². The Morgan fingerprint density at radius 1 is 1.29 bits per heavy atom. The highest BCUT2D eigenvalue weighted by molar-refractivity contribution is 5.81. The van der Waals surface area contributed by atoms with Crippen LogP contribution in [0.5, 0.6) is 0 Å². The van der Waals surface area contributed by atoms with Gasteiger partial charge in [0.25, 0.3) is 0 Å². The van der Waals surface area contributed by atoms with Crippen molar-refractivity contribution in [2.45, 2.75) is 46.2 Å². The van der Waals surface area contributed by atoms with E-state index in [9.17, 15) is 4.79 Å². The minimum absolute atomic E-state index is 0.0938. The first-order valence-electron chi connectivity index (χ1n) is 8.23. The lowest BCUT2D eigenvalue weighted by Gasteiger charge is -2.32. The largest absolute Gasteiger partial charge is 0.383 e. The summed E-state index contributed by atoms with van der Waals surface area (Å²) < 4.78 is 7.06. The summed E-state index contributed by atoms with van der Waals surface area (Å²) in [5.74, 6) is 1.79. The zero-order valence-electron chi connectivity index (χ0n) is 14.7. The molecule has 1 N–H and O–H groups in total. The number of hydrogen-bond donors (Lipinski definition) is 1. The molecule has 1 atom stereocenters. The normalized spacial score (nSPS) is 17.4. The monoisotopic (exact) mass is 332 g/mol. The molecule has 0 unspecified atom stereocenters. The van der Waals surface area contributed by atoms with Crippen molar-refractivity contribution in [3.8, 4) is 0 Å². The Kier molecular flexibility index (Phi) is 4.66. The molecule has 3 rings (SSSR count). The molecule has 1 aliphatic heterocycles. The fraction of sp³-hybridized carbons (Fsp3) is 0.625. The smallest absolute Gasteiger partial charge is 0.245 e. The standard InChI is InChI=1S/C16H24N6O2/c1-10-13(11(2)18-17-10)5-6-14-19-20-15-9-21(7-8-24-4)16(23)12(3)22(14)15/h12H,5-9H2,1-4H3,(H,17,18)/t12-/m0/s1. The Balaban J connectivity index is 1.77. The molecule has 0 spiro atoms. The maximum absolute atomic E-state index is 12.6. The Bertz CT molecular complexity index is 716. The van der Waals surface area contributed by atoms with Gasteiger partial charge in [-0.15, -0.1) is 10.2 Å². The van der Waals surface area contributed by atoms with Gasteiger partial charge in [0.2, 0.25) is 5.91 Å². The highest BCUT2D eigenvalue weighted by atomic mass is 16.5. The first-order valence-corrected chi connectivity index (χ1v) is 8.23. The molecule has 2 aromatic rings. The molecule has 0 saturated carbocycles. The van der Waals surface area contributed by atoms with E-state index < -0.39 is 0 Å². The highest BCUT2D eigenvalue weighted by Crippen LogP contribution is 2.23. The SMILES string of the molecule is COCCN1Cc2nnc(CCc3c(C)n[nH]c3C)n2[C@@H](C)C1=O. The Hall–Kier alpha value is -2.22. The van der Waals surface area contributed by atoms with E-state index in [1.807, 2.05) is 25.3 Å². The first-order chi connectivity index (χ1) is 11.5. The number of amides is 1. The van der Waals surface area contributed by atoms with Gasteiger partial charge in [-0.3, -0.25) is 9.89 Å². The molecule has 8 nitrogen and oxygen atoms in total. The topological polar surface area (TPSA) is 88.9 Å². The number of carbonyl (C=O) groups excluding carboxylic acids is 1. The van der Waals surface area contributed by atoms with Crippen molar-refractivity contribution in [2.75, 3.05) is 20.3 Å². The van der Waals surface area contributed by atoms with Crippen LogP contribution in [-0.4, -0.2) is 56.0 Å². The minimum Gasteiger partial charge on any atom is -0.383 e. The molecular formula is C16H24N6O2. The van der Waals surface area contributed by atoms with Gasteiger partial charge in [0.15, 0.2) is 5.82 Å². The van der Waals surface area contributed by atoms with Crippen molar-refractivity contribution in [3.63, 3.8) is 0 Å². The lowest BCUT2D eigenvalue weighted by Crippen LogP contribution is -2.43. The summed E-state index contributed by atoms with van der Waals surface area (Å²) in [6.07, 6.45) is 1.57. The first kappa shape index (κ1) is 16.6. The summed E-state index contributed by atoms with van der Waals surface area (Å²) in [4.78, 5) is 14.3. The molecule has 0 aromatic carbocycles. The van der Waals surface area contributed by atoms with Crippen LogP contribution in [0.3, 0.4) is 0 Å². The summed E-state index contributed by atoms with van der Waals surface area (Å²) in [6.45, 7) is 7.52. The third kappa shape index (κ3) is 2.93. The average Bonchev–Trinajstić information content (AvgIpc) is 3.11. The second-order valence-corrected chi connectivity index (χ2v) is 6.24. The van der Waals surface area contributed by atoms with Crippen molar-refractivity contribution in [1.82, 2.24) is 29.9 Å². The number of hydrogen-bond acceptors (Lipinski definition) is 5. The van der Waals surface area contributed by atoms with Crippen LogP contribution < -0.4 is 0 Å². The number of methoxy groups -OCH3 is 1. The van der Waals surface area contributed by atoms with E-state index >= 15 is 0 Å². The zero-order valence-corrected chi connectivity index (χ0v) is 14.7. The van der Waals surface area contributed by atoms with Crippen LogP contribution >= 0.6 is 0 Å². The number of aryl methyl sites for hydroxylation is 3. The van der Waals surface area contributed by atoms with E-state index in [2.05, 4.69) is 20.4 Å². The van der Waals surface area contributed by atoms with Crippen LogP contribution in [0.4, 0.5) is 0 Å². The van der Waals surface area contributed by atoms with Crippen LogP contribution in [0.2, 0.25) is 0 Å². The van der Waals surface area contributed by atoms with Crippen molar-refractivity contribution in [2.24, 2.45) is 0 Å². The molecule has 0 aliphatic carbocycles. The Labute approximate surface area is 141 Å². The van der Waals surface area contributed by atoms with Crippen molar-refractivity contribution >= 4 is 5.91 Å². The number of aromatic nitrogens is 5. The van der Waals surface area contributed by atoms with Gasteiger partial charge in [-0.2, -0.15) is 5.10 Å². The number of nitrogens with zero attached hydrogens (tertiary/aromatic N) is 5. The minimum atomic E-state index is -0.276. The van der Waals surface area contributed by atoms with Gasteiger partial charge in [-0.05, 0) is 32.8 Å². The second-order valence-electron chi connectivity index (χ2n) is 6.24. The third-order valence-corrected chi connectivity index (χ3v) is 4.67. The number of carbonyl (C=O) groups is 1. The average molecular weight is 332 g/mol. The number of H-pyrrole nitrogens is 1. The molecule has 1 amide bonds. The number of aromatic amines is 1. The lowest BCUT2D eigenvalue weighted by atomic mass is 10.1. The number of ether oxygens (including phenoxy) is 1. The predicted octanol–water partition coefficient (Wildman–Crippen LogP) is 0.953. The maximum Gasteiger partial charge on any atom is 0.245 e. The Morgan fingerprint density at radius 3 is 2.75 bits per heavy atom. The van der Waals surface area contributed by atoms with Crippen LogP contribution in [0.1, 0.15) is 41.6 Å². The molecule has 8 heteroatoms. The quantitative estimate of drug-likeness (QED) is 0.851. The van der Waals surface area contributed by atoms with Crippen LogP contribution in [0.15, 0.2) is 0 Å². The molecule has 0 fully saturated rings. The third-order valence-electron chi connectivity index (χ3n) is 4.67. The predicted molar refractivity (Wildman–Crippen MR) is 87.5 cm³/mol. The van der Waals surface area contributed by atoms with E-state index in [1.54, 1.807) is 12.0 Å². The fourth-order valence-electron chi connectivity index (χ4n) is 3.28. The molecule has 0 bridgehead atoms. The summed E-state index contributed by atoms with van der Waals surface area (Å²) in [7, 11) is 1.64. The zero-order chi connectivity index (χ0) is 17.3. The lowest BCUT2D eigenvalue weighted by molar-refractivity contribution is -0.137. The molecule has 1 aliphatic rings. The molecule has 0 saturated heterocycles. The van der Waals surface area contributed by atoms with Crippen LogP contribution in [0.25, 0.3) is 0 Å². The van der Waals surface area contributed by atoms with Crippen molar-refractivity contribution < 1.29 is 9.53 Å². The van der Waals surface area contributed by atoms with Gasteiger partial charge in [0.1, 0.15) is 11.9 Å². The maximum atomic E-state index is 12.6. The fourth-order valence-corrected chi connectivity index (χ4v) is 3.28. The number of rotatable bonds is 6. The van der Waals surface area contributed by atoms with E-state index in [4.69, 9.17) is 4.74 Å². The summed E-state index contributed by atoms with van der Waals surface area (Å²) in [5.41, 5.74) is 3.31. The summed E-state index contributed by atoms with van der Waals surface area (Å²) in [6, 6.07) is -0.276. The Morgan fingerprint density at radius 2 is 2.08 bits per heavy atom. The van der Waals surface area contributed by atoms with Gasteiger partial charge in [0.05, 0.1) is 18.8 Å². The molecule has 3 heterocycles. The molecule has 130 valence electrons. The summed E-state index contributed by atoms with van der Waals surface area (Å²) >= 11 is 0. The van der Waals surface area contributed by atoms with Gasteiger partial charge in [0, 0.05) is 25.8 Å².